The second-order valence-electron chi connectivity index (χ2n) is 4.69. The Morgan fingerprint density at radius 1 is 1.24 bits per heavy atom. The molecule has 1 saturated carbocycles. The van der Waals surface area contributed by atoms with Crippen molar-refractivity contribution in [1.29, 1.82) is 0 Å². The zero-order chi connectivity index (χ0) is 12.3. The first-order valence-corrected chi connectivity index (χ1v) is 6.55. The molecule has 92 valence electrons. The van der Waals surface area contributed by atoms with Gasteiger partial charge in [0.2, 0.25) is 0 Å². The van der Waals surface area contributed by atoms with Crippen LogP contribution in [-0.4, -0.2) is 17.0 Å². The number of halogens is 1. The van der Waals surface area contributed by atoms with Gasteiger partial charge in [0.1, 0.15) is 6.10 Å². The quantitative estimate of drug-likeness (QED) is 0.837. The predicted molar refractivity (Wildman–Crippen MR) is 68.4 cm³/mol. The molecular formula is C14H17ClO2. The Labute approximate surface area is 107 Å². The minimum absolute atomic E-state index is 0.104. The van der Waals surface area contributed by atoms with Gasteiger partial charge >= 0.3 is 0 Å². The largest absolute Gasteiger partial charge is 0.385 e. The average Bonchev–Trinajstić information content (AvgIpc) is 2.39. The van der Waals surface area contributed by atoms with Crippen molar-refractivity contribution in [3.63, 3.8) is 0 Å². The minimum atomic E-state index is -0.893. The van der Waals surface area contributed by atoms with Crippen molar-refractivity contribution in [3.05, 3.63) is 34.9 Å². The summed E-state index contributed by atoms with van der Waals surface area (Å²) in [7, 11) is 0. The third-order valence-corrected chi connectivity index (χ3v) is 3.83. The second kappa shape index (κ2) is 5.65. The van der Waals surface area contributed by atoms with E-state index in [9.17, 15) is 9.90 Å². The Morgan fingerprint density at radius 3 is 2.53 bits per heavy atom. The third kappa shape index (κ3) is 2.88. The van der Waals surface area contributed by atoms with Gasteiger partial charge in [-0.2, -0.15) is 0 Å². The van der Waals surface area contributed by atoms with Gasteiger partial charge in [-0.25, -0.2) is 0 Å². The molecule has 1 atom stereocenters. The van der Waals surface area contributed by atoms with E-state index in [1.54, 1.807) is 24.3 Å². The van der Waals surface area contributed by atoms with Crippen LogP contribution in [0, 0.1) is 5.92 Å². The highest BCUT2D eigenvalue weighted by molar-refractivity contribution is 6.34. The van der Waals surface area contributed by atoms with Gasteiger partial charge in [-0.1, -0.05) is 43.0 Å². The molecule has 17 heavy (non-hydrogen) atoms. The zero-order valence-corrected chi connectivity index (χ0v) is 10.5. The van der Waals surface area contributed by atoms with Crippen molar-refractivity contribution in [3.8, 4) is 0 Å². The number of rotatable bonds is 3. The minimum Gasteiger partial charge on any atom is -0.385 e. The number of ketones is 1. The van der Waals surface area contributed by atoms with Gasteiger partial charge in [-0.15, -0.1) is 0 Å². The molecule has 1 aromatic rings. The Bertz CT molecular complexity index is 397. The molecule has 0 heterocycles. The highest BCUT2D eigenvalue weighted by atomic mass is 35.5. The number of carbonyl (C=O) groups excluding carboxylic acids is 1. The molecule has 0 aliphatic heterocycles. The van der Waals surface area contributed by atoms with E-state index in [1.165, 1.54) is 6.42 Å². The van der Waals surface area contributed by atoms with Crippen LogP contribution in [0.2, 0.25) is 5.02 Å². The monoisotopic (exact) mass is 252 g/mol. The predicted octanol–water partition coefficient (Wildman–Crippen LogP) is 3.46. The third-order valence-electron chi connectivity index (χ3n) is 3.50. The van der Waals surface area contributed by atoms with E-state index < -0.39 is 6.10 Å². The van der Waals surface area contributed by atoms with Crippen molar-refractivity contribution >= 4 is 17.4 Å². The molecule has 0 spiro atoms. The van der Waals surface area contributed by atoms with E-state index in [0.29, 0.717) is 10.6 Å². The van der Waals surface area contributed by atoms with Gasteiger partial charge in [0.15, 0.2) is 5.78 Å². The van der Waals surface area contributed by atoms with Crippen LogP contribution in [0.4, 0.5) is 0 Å². The molecule has 1 aliphatic rings. The Morgan fingerprint density at radius 2 is 1.88 bits per heavy atom. The molecule has 3 heteroatoms. The summed E-state index contributed by atoms with van der Waals surface area (Å²) in [6.07, 6.45) is 4.42. The molecule has 0 saturated heterocycles. The van der Waals surface area contributed by atoms with Crippen molar-refractivity contribution in [2.45, 2.75) is 38.2 Å². The standard InChI is InChI=1S/C14H17ClO2/c15-12-9-5-4-8-11(12)14(17)13(16)10-6-2-1-3-7-10/h4-5,8-10,13,16H,1-3,6-7H2. The molecule has 1 N–H and O–H groups in total. The summed E-state index contributed by atoms with van der Waals surface area (Å²) in [4.78, 5) is 12.1. The van der Waals surface area contributed by atoms with Gasteiger partial charge in [-0.3, -0.25) is 4.79 Å². The van der Waals surface area contributed by atoms with Gasteiger partial charge in [-0.05, 0) is 30.9 Å². The van der Waals surface area contributed by atoms with E-state index in [0.717, 1.165) is 25.7 Å². The molecule has 1 aromatic carbocycles. The van der Waals surface area contributed by atoms with Crippen LogP contribution >= 0.6 is 11.6 Å². The first kappa shape index (κ1) is 12.6. The lowest BCUT2D eigenvalue weighted by Gasteiger charge is -2.25. The molecule has 0 radical (unpaired) electrons. The van der Waals surface area contributed by atoms with Gasteiger partial charge in [0.25, 0.3) is 0 Å². The van der Waals surface area contributed by atoms with Gasteiger partial charge in [0, 0.05) is 5.56 Å². The maximum Gasteiger partial charge on any atom is 0.193 e. The van der Waals surface area contributed by atoms with E-state index in [4.69, 9.17) is 11.6 Å². The van der Waals surface area contributed by atoms with Crippen LogP contribution in [0.1, 0.15) is 42.5 Å². The fraction of sp³-hybridized carbons (Fsp3) is 0.500. The van der Waals surface area contributed by atoms with Gasteiger partial charge in [0.05, 0.1) is 5.02 Å². The number of hydrogen-bond donors (Lipinski definition) is 1. The van der Waals surface area contributed by atoms with Crippen molar-refractivity contribution in [2.75, 3.05) is 0 Å². The van der Waals surface area contributed by atoms with E-state index in [2.05, 4.69) is 0 Å². The molecule has 2 nitrogen and oxygen atoms in total. The lowest BCUT2D eigenvalue weighted by molar-refractivity contribution is 0.0535. The SMILES string of the molecule is O=C(c1ccccc1Cl)C(O)C1CCCCC1. The van der Waals surface area contributed by atoms with Crippen molar-refractivity contribution < 1.29 is 9.90 Å². The molecular weight excluding hydrogens is 236 g/mol. The first-order valence-electron chi connectivity index (χ1n) is 6.17. The maximum atomic E-state index is 12.1. The number of Topliss-reactive ketones (excluding diaryl/α,β-unsaturated/α-hetero) is 1. The number of hydrogen-bond acceptors (Lipinski definition) is 2. The van der Waals surface area contributed by atoms with Crippen LogP contribution in [-0.2, 0) is 0 Å². The molecule has 0 aromatic heterocycles. The van der Waals surface area contributed by atoms with E-state index in [-0.39, 0.29) is 11.7 Å². The van der Waals surface area contributed by atoms with Gasteiger partial charge < -0.3 is 5.11 Å². The number of benzene rings is 1. The summed E-state index contributed by atoms with van der Waals surface area (Å²) in [5.74, 6) is -0.130. The highest BCUT2D eigenvalue weighted by Crippen LogP contribution is 2.29. The summed E-state index contributed by atoms with van der Waals surface area (Å²) >= 11 is 5.97. The Kier molecular flexibility index (Phi) is 4.19. The smallest absolute Gasteiger partial charge is 0.193 e. The highest BCUT2D eigenvalue weighted by Gasteiger charge is 2.28. The van der Waals surface area contributed by atoms with E-state index >= 15 is 0 Å². The van der Waals surface area contributed by atoms with Crippen LogP contribution in [0.15, 0.2) is 24.3 Å². The van der Waals surface area contributed by atoms with Crippen LogP contribution in [0.3, 0.4) is 0 Å². The summed E-state index contributed by atoms with van der Waals surface area (Å²) in [6, 6.07) is 6.91. The lowest BCUT2D eigenvalue weighted by Crippen LogP contribution is -2.31. The molecule has 1 aliphatic carbocycles. The topological polar surface area (TPSA) is 37.3 Å². The fourth-order valence-corrected chi connectivity index (χ4v) is 2.71. The van der Waals surface area contributed by atoms with Crippen LogP contribution in [0.25, 0.3) is 0 Å². The average molecular weight is 253 g/mol. The molecule has 1 fully saturated rings. The summed E-state index contributed by atoms with van der Waals surface area (Å²) in [5, 5.41) is 10.5. The lowest BCUT2D eigenvalue weighted by atomic mass is 9.82. The fourth-order valence-electron chi connectivity index (χ4n) is 2.48. The molecule has 0 bridgehead atoms. The Hall–Kier alpha value is -0.860. The Balaban J connectivity index is 2.11. The summed E-state index contributed by atoms with van der Waals surface area (Å²) in [6.45, 7) is 0. The summed E-state index contributed by atoms with van der Waals surface area (Å²) in [5.41, 5.74) is 0.437. The first-order chi connectivity index (χ1) is 8.20. The van der Waals surface area contributed by atoms with Crippen LogP contribution in [0.5, 0.6) is 0 Å². The number of carbonyl (C=O) groups is 1. The normalized spacial score (nSPS) is 18.9. The summed E-state index contributed by atoms with van der Waals surface area (Å²) < 4.78 is 0. The van der Waals surface area contributed by atoms with Crippen LogP contribution < -0.4 is 0 Å². The van der Waals surface area contributed by atoms with Crippen molar-refractivity contribution in [1.82, 2.24) is 0 Å². The molecule has 1 unspecified atom stereocenters. The molecule has 2 rings (SSSR count). The molecule has 0 amide bonds. The number of aliphatic hydroxyl groups is 1. The second-order valence-corrected chi connectivity index (χ2v) is 5.09. The zero-order valence-electron chi connectivity index (χ0n) is 9.73. The van der Waals surface area contributed by atoms with Crippen molar-refractivity contribution in [2.24, 2.45) is 5.92 Å². The maximum absolute atomic E-state index is 12.1. The number of aliphatic hydroxyl groups excluding tert-OH is 1. The van der Waals surface area contributed by atoms with E-state index in [1.807, 2.05) is 0 Å².